The van der Waals surface area contributed by atoms with Crippen LogP contribution in [0.4, 0.5) is 0 Å². The van der Waals surface area contributed by atoms with Crippen LogP contribution in [0.2, 0.25) is 0 Å². The van der Waals surface area contributed by atoms with E-state index in [1.807, 2.05) is 7.05 Å². The Morgan fingerprint density at radius 2 is 2.19 bits per heavy atom. The zero-order valence-electron chi connectivity index (χ0n) is 16.3. The van der Waals surface area contributed by atoms with Crippen LogP contribution in [0.25, 0.3) is 10.9 Å². The summed E-state index contributed by atoms with van der Waals surface area (Å²) >= 11 is 0. The Labute approximate surface area is 161 Å². The SMILES string of the molecule is CN=C(NCCc1c(C)[nH]c2ccccc12)NC1C2CCOC2C12CCC2. The second-order valence-electron chi connectivity index (χ2n) is 8.48. The Morgan fingerprint density at radius 3 is 2.96 bits per heavy atom. The molecule has 5 rings (SSSR count). The second kappa shape index (κ2) is 6.55. The summed E-state index contributed by atoms with van der Waals surface area (Å²) in [7, 11) is 1.88. The van der Waals surface area contributed by atoms with Gasteiger partial charge >= 0.3 is 0 Å². The van der Waals surface area contributed by atoms with Crippen LogP contribution in [-0.4, -0.2) is 43.3 Å². The van der Waals surface area contributed by atoms with Crippen molar-refractivity contribution in [3.63, 3.8) is 0 Å². The fraction of sp³-hybridized carbons (Fsp3) is 0.591. The number of nitrogens with zero attached hydrogens (tertiary/aromatic N) is 1. The zero-order chi connectivity index (χ0) is 18.4. The number of hydrogen-bond acceptors (Lipinski definition) is 2. The molecule has 1 spiro atoms. The first-order valence-corrected chi connectivity index (χ1v) is 10.4. The molecule has 2 saturated carbocycles. The van der Waals surface area contributed by atoms with Gasteiger partial charge in [0.1, 0.15) is 0 Å². The smallest absolute Gasteiger partial charge is 0.191 e. The normalized spacial score (nSPS) is 28.7. The quantitative estimate of drug-likeness (QED) is 0.575. The van der Waals surface area contributed by atoms with E-state index in [9.17, 15) is 0 Å². The summed E-state index contributed by atoms with van der Waals surface area (Å²) in [5, 5.41) is 8.63. The van der Waals surface area contributed by atoms with Crippen LogP contribution in [-0.2, 0) is 11.2 Å². The van der Waals surface area contributed by atoms with Crippen molar-refractivity contribution in [2.45, 2.75) is 51.2 Å². The number of hydrogen-bond donors (Lipinski definition) is 3. The van der Waals surface area contributed by atoms with Gasteiger partial charge in [-0.1, -0.05) is 24.6 Å². The minimum Gasteiger partial charge on any atom is -0.377 e. The fourth-order valence-electron chi connectivity index (χ4n) is 5.76. The molecule has 1 aliphatic heterocycles. The minimum atomic E-state index is 0.381. The lowest BCUT2D eigenvalue weighted by Gasteiger charge is -2.63. The maximum absolute atomic E-state index is 6.04. The lowest BCUT2D eigenvalue weighted by Crippen LogP contribution is -2.72. The van der Waals surface area contributed by atoms with Gasteiger partial charge in [0.15, 0.2) is 5.96 Å². The van der Waals surface area contributed by atoms with Crippen LogP contribution in [0, 0.1) is 18.3 Å². The van der Waals surface area contributed by atoms with Crippen LogP contribution in [0.15, 0.2) is 29.3 Å². The van der Waals surface area contributed by atoms with Crippen LogP contribution in [0.3, 0.4) is 0 Å². The Bertz CT molecular complexity index is 866. The molecule has 1 saturated heterocycles. The molecule has 3 N–H and O–H groups in total. The van der Waals surface area contributed by atoms with E-state index in [0.717, 1.165) is 25.5 Å². The molecule has 3 aliphatic rings. The summed E-state index contributed by atoms with van der Waals surface area (Å²) in [6.07, 6.45) is 6.62. The third-order valence-corrected chi connectivity index (χ3v) is 7.25. The summed E-state index contributed by atoms with van der Waals surface area (Å²) in [4.78, 5) is 7.99. The third kappa shape index (κ3) is 2.59. The first-order valence-electron chi connectivity index (χ1n) is 10.4. The van der Waals surface area contributed by atoms with Gasteiger partial charge in [0, 0.05) is 54.2 Å². The number of guanidine groups is 1. The van der Waals surface area contributed by atoms with E-state index >= 15 is 0 Å². The monoisotopic (exact) mass is 366 g/mol. The molecule has 0 bridgehead atoms. The van der Waals surface area contributed by atoms with Gasteiger partial charge in [-0.05, 0) is 44.2 Å². The lowest BCUT2D eigenvalue weighted by atomic mass is 9.46. The Morgan fingerprint density at radius 1 is 1.33 bits per heavy atom. The van der Waals surface area contributed by atoms with Gasteiger partial charge in [-0.25, -0.2) is 0 Å². The summed E-state index contributed by atoms with van der Waals surface area (Å²) in [5.41, 5.74) is 4.27. The molecule has 5 nitrogen and oxygen atoms in total. The molecule has 2 aliphatic carbocycles. The van der Waals surface area contributed by atoms with Crippen molar-refractivity contribution in [1.29, 1.82) is 0 Å². The molecule has 2 heterocycles. The highest BCUT2D eigenvalue weighted by Crippen LogP contribution is 2.62. The number of aryl methyl sites for hydroxylation is 1. The number of aromatic nitrogens is 1. The largest absolute Gasteiger partial charge is 0.377 e. The molecule has 144 valence electrons. The first kappa shape index (κ1) is 17.1. The highest BCUT2D eigenvalue weighted by Gasteiger charge is 2.66. The van der Waals surface area contributed by atoms with Gasteiger partial charge in [0.2, 0.25) is 0 Å². The molecular formula is C22H30N4O. The molecule has 3 unspecified atom stereocenters. The highest BCUT2D eigenvalue weighted by molar-refractivity contribution is 5.85. The van der Waals surface area contributed by atoms with Crippen molar-refractivity contribution in [3.05, 3.63) is 35.5 Å². The number of nitrogens with one attached hydrogen (secondary N) is 3. The average molecular weight is 367 g/mol. The van der Waals surface area contributed by atoms with E-state index < -0.39 is 0 Å². The number of benzene rings is 1. The molecule has 0 radical (unpaired) electrons. The van der Waals surface area contributed by atoms with E-state index in [1.165, 1.54) is 47.8 Å². The standard InChI is InChI=1S/C22H30N4O/c1-14-15(16-6-3-4-7-18(16)25-14)8-12-24-21(23-2)26-19-17-9-13-27-20(17)22(19)10-5-11-22/h3-4,6-7,17,19-20,25H,5,8-13H2,1-2H3,(H2,23,24,26). The number of para-hydroxylation sites is 1. The van der Waals surface area contributed by atoms with Gasteiger partial charge in [-0.2, -0.15) is 0 Å². The molecule has 1 aromatic heterocycles. The first-order chi connectivity index (χ1) is 13.2. The van der Waals surface area contributed by atoms with Crippen molar-refractivity contribution in [2.75, 3.05) is 20.2 Å². The van der Waals surface area contributed by atoms with Crippen molar-refractivity contribution in [3.8, 4) is 0 Å². The summed E-state index contributed by atoms with van der Waals surface area (Å²) in [6, 6.07) is 9.08. The van der Waals surface area contributed by atoms with Gasteiger partial charge in [-0.15, -0.1) is 0 Å². The van der Waals surface area contributed by atoms with E-state index in [1.54, 1.807) is 0 Å². The van der Waals surface area contributed by atoms with E-state index in [-0.39, 0.29) is 0 Å². The molecule has 3 fully saturated rings. The molecular weight excluding hydrogens is 336 g/mol. The van der Waals surface area contributed by atoms with E-state index in [2.05, 4.69) is 51.8 Å². The van der Waals surface area contributed by atoms with Crippen LogP contribution in [0.5, 0.6) is 0 Å². The number of aromatic amines is 1. The topological polar surface area (TPSA) is 61.4 Å². The lowest BCUT2D eigenvalue weighted by molar-refractivity contribution is -0.171. The van der Waals surface area contributed by atoms with Crippen molar-refractivity contribution in [2.24, 2.45) is 16.3 Å². The predicted molar refractivity (Wildman–Crippen MR) is 109 cm³/mol. The molecule has 3 atom stereocenters. The van der Waals surface area contributed by atoms with Crippen molar-refractivity contribution >= 4 is 16.9 Å². The molecule has 27 heavy (non-hydrogen) atoms. The number of rotatable bonds is 4. The van der Waals surface area contributed by atoms with Gasteiger partial charge in [0.05, 0.1) is 6.10 Å². The van der Waals surface area contributed by atoms with Crippen molar-refractivity contribution < 1.29 is 4.74 Å². The van der Waals surface area contributed by atoms with E-state index in [0.29, 0.717) is 23.5 Å². The van der Waals surface area contributed by atoms with Crippen LogP contribution in [0.1, 0.15) is 36.9 Å². The summed E-state index contributed by atoms with van der Waals surface area (Å²) < 4.78 is 6.04. The predicted octanol–water partition coefficient (Wildman–Crippen LogP) is 3.14. The minimum absolute atomic E-state index is 0.381. The average Bonchev–Trinajstić information content (AvgIpc) is 3.19. The Hall–Kier alpha value is -2.01. The highest BCUT2D eigenvalue weighted by atomic mass is 16.5. The maximum Gasteiger partial charge on any atom is 0.191 e. The van der Waals surface area contributed by atoms with Crippen LogP contribution >= 0.6 is 0 Å². The second-order valence-corrected chi connectivity index (χ2v) is 8.48. The number of ether oxygens (including phenoxy) is 1. The van der Waals surface area contributed by atoms with Gasteiger partial charge in [0.25, 0.3) is 0 Å². The summed E-state index contributed by atoms with van der Waals surface area (Å²) in [5.74, 6) is 1.61. The number of H-pyrrole nitrogens is 1. The molecule has 2 aromatic rings. The Kier molecular flexibility index (Phi) is 4.15. The zero-order valence-corrected chi connectivity index (χ0v) is 16.3. The van der Waals surface area contributed by atoms with Gasteiger partial charge < -0.3 is 20.4 Å². The Balaban J connectivity index is 1.22. The van der Waals surface area contributed by atoms with Gasteiger partial charge in [-0.3, -0.25) is 4.99 Å². The van der Waals surface area contributed by atoms with E-state index in [4.69, 9.17) is 4.74 Å². The maximum atomic E-state index is 6.04. The van der Waals surface area contributed by atoms with Crippen LogP contribution < -0.4 is 10.6 Å². The third-order valence-electron chi connectivity index (χ3n) is 7.25. The molecule has 1 aromatic carbocycles. The number of aliphatic imine (C=N–C) groups is 1. The molecule has 0 amide bonds. The fourth-order valence-corrected chi connectivity index (χ4v) is 5.76. The number of fused-ring (bicyclic) bond motifs is 3. The summed E-state index contributed by atoms with van der Waals surface area (Å²) in [6.45, 7) is 3.98. The van der Waals surface area contributed by atoms with Crippen molar-refractivity contribution in [1.82, 2.24) is 15.6 Å². The molecule has 5 heteroatoms.